The molecule has 19 heavy (non-hydrogen) atoms. The number of nitrogens with zero attached hydrogens (tertiary/aromatic N) is 1. The smallest absolute Gasteiger partial charge is 0.329 e. The van der Waals surface area contributed by atoms with Crippen molar-refractivity contribution in [3.63, 3.8) is 0 Å². The van der Waals surface area contributed by atoms with Gasteiger partial charge in [0, 0.05) is 19.6 Å². The number of rotatable bonds is 5. The lowest BCUT2D eigenvalue weighted by Crippen LogP contribution is -2.37. The van der Waals surface area contributed by atoms with Crippen LogP contribution in [0.15, 0.2) is 18.2 Å². The molecule has 0 unspecified atom stereocenters. The molecule has 1 aromatic carbocycles. The molecule has 0 amide bonds. The fraction of sp³-hybridized carbons (Fsp3) is 0.571. The third-order valence-electron chi connectivity index (χ3n) is 3.42. The summed E-state index contributed by atoms with van der Waals surface area (Å²) >= 11 is 0. The Morgan fingerprint density at radius 1 is 1.16 bits per heavy atom. The topological polar surface area (TPSA) is 29.3 Å². The largest absolute Gasteiger partial charge is 0.401 e. The summed E-state index contributed by atoms with van der Waals surface area (Å²) in [6.07, 6.45) is -0.899. The van der Waals surface area contributed by atoms with Crippen molar-refractivity contribution in [3.8, 4) is 0 Å². The summed E-state index contributed by atoms with van der Waals surface area (Å²) in [6.45, 7) is -0.0944. The van der Waals surface area contributed by atoms with Crippen LogP contribution in [0, 0.1) is 0 Å². The molecule has 2 N–H and O–H groups in total. The summed E-state index contributed by atoms with van der Waals surface area (Å²) in [7, 11) is 0. The number of nitrogens with two attached hydrogens (primary N) is 1. The summed E-state index contributed by atoms with van der Waals surface area (Å²) in [4.78, 5) is 1.36. The number of halogens is 3. The number of hydrogen-bond donors (Lipinski definition) is 1. The molecule has 0 aromatic heterocycles. The molecule has 1 aliphatic carbocycles. The molecule has 0 atom stereocenters. The number of aryl methyl sites for hydroxylation is 2. The Morgan fingerprint density at radius 2 is 1.89 bits per heavy atom. The fourth-order valence-electron chi connectivity index (χ4n) is 2.63. The molecule has 5 heteroatoms. The van der Waals surface area contributed by atoms with Crippen LogP contribution < -0.4 is 5.73 Å². The number of benzene rings is 1. The second kappa shape index (κ2) is 5.92. The Morgan fingerprint density at radius 3 is 2.58 bits per heavy atom. The van der Waals surface area contributed by atoms with Gasteiger partial charge in [0.25, 0.3) is 0 Å². The van der Waals surface area contributed by atoms with Crippen molar-refractivity contribution in [2.75, 3.05) is 19.6 Å². The first-order valence-corrected chi connectivity index (χ1v) is 6.58. The summed E-state index contributed by atoms with van der Waals surface area (Å²) in [5, 5.41) is 0. The number of fused-ring (bicyclic) bond motifs is 1. The molecule has 1 aromatic rings. The van der Waals surface area contributed by atoms with E-state index in [1.165, 1.54) is 16.0 Å². The molecule has 0 saturated heterocycles. The molecule has 0 spiro atoms. The first-order chi connectivity index (χ1) is 8.98. The Kier molecular flexibility index (Phi) is 4.47. The molecule has 0 saturated carbocycles. The summed E-state index contributed by atoms with van der Waals surface area (Å²) in [5.74, 6) is 0. The second-order valence-corrected chi connectivity index (χ2v) is 5.07. The van der Waals surface area contributed by atoms with Crippen molar-refractivity contribution in [3.05, 3.63) is 34.9 Å². The van der Waals surface area contributed by atoms with Gasteiger partial charge < -0.3 is 5.73 Å². The highest BCUT2D eigenvalue weighted by Gasteiger charge is 2.30. The van der Waals surface area contributed by atoms with Crippen LogP contribution >= 0.6 is 0 Å². The molecular weight excluding hydrogens is 253 g/mol. The normalized spacial score (nSPS) is 15.0. The van der Waals surface area contributed by atoms with Crippen LogP contribution in [0.5, 0.6) is 0 Å². The quantitative estimate of drug-likeness (QED) is 0.892. The monoisotopic (exact) mass is 272 g/mol. The van der Waals surface area contributed by atoms with Crippen molar-refractivity contribution in [2.45, 2.75) is 32.0 Å². The molecule has 0 aliphatic heterocycles. The molecular formula is C14H19F3N2. The molecule has 0 radical (unpaired) electrons. The molecule has 2 rings (SSSR count). The maximum atomic E-state index is 12.5. The highest BCUT2D eigenvalue weighted by molar-refractivity contribution is 5.35. The maximum Gasteiger partial charge on any atom is 0.401 e. The zero-order valence-electron chi connectivity index (χ0n) is 10.8. The van der Waals surface area contributed by atoms with Gasteiger partial charge in [-0.2, -0.15) is 13.2 Å². The first kappa shape index (κ1) is 14.3. The minimum absolute atomic E-state index is 0.237. The second-order valence-electron chi connectivity index (χ2n) is 5.07. The van der Waals surface area contributed by atoms with Gasteiger partial charge in [-0.1, -0.05) is 18.2 Å². The van der Waals surface area contributed by atoms with Crippen LogP contribution in [0.3, 0.4) is 0 Å². The van der Waals surface area contributed by atoms with Crippen molar-refractivity contribution < 1.29 is 13.2 Å². The number of hydrogen-bond acceptors (Lipinski definition) is 2. The molecule has 1 aliphatic rings. The van der Waals surface area contributed by atoms with E-state index in [1.807, 2.05) is 18.2 Å². The zero-order valence-corrected chi connectivity index (χ0v) is 10.8. The van der Waals surface area contributed by atoms with Crippen LogP contribution in [-0.4, -0.2) is 30.7 Å². The van der Waals surface area contributed by atoms with E-state index in [0.29, 0.717) is 6.54 Å². The third kappa shape index (κ3) is 4.21. The van der Waals surface area contributed by atoms with E-state index in [0.717, 1.165) is 24.8 Å². The molecule has 0 heterocycles. The van der Waals surface area contributed by atoms with Crippen LogP contribution in [-0.2, 0) is 19.4 Å². The molecule has 0 fully saturated rings. The minimum Gasteiger partial charge on any atom is -0.329 e. The van der Waals surface area contributed by atoms with Crippen molar-refractivity contribution in [1.82, 2.24) is 4.90 Å². The van der Waals surface area contributed by atoms with Gasteiger partial charge in [0.15, 0.2) is 0 Å². The summed E-state index contributed by atoms with van der Waals surface area (Å²) in [6, 6.07) is 6.03. The van der Waals surface area contributed by atoms with E-state index in [-0.39, 0.29) is 13.1 Å². The van der Waals surface area contributed by atoms with Gasteiger partial charge in [0.1, 0.15) is 0 Å². The van der Waals surface area contributed by atoms with E-state index in [4.69, 9.17) is 5.73 Å². The standard InChI is InChI=1S/C14H19F3N2/c15-14(16,17)10-19(7-6-18)9-11-4-5-12-2-1-3-13(12)8-11/h4-5,8H,1-3,6-7,9-10,18H2. The van der Waals surface area contributed by atoms with Gasteiger partial charge in [-0.3, -0.25) is 4.90 Å². The van der Waals surface area contributed by atoms with Gasteiger partial charge in [-0.25, -0.2) is 0 Å². The first-order valence-electron chi connectivity index (χ1n) is 6.58. The van der Waals surface area contributed by atoms with E-state index >= 15 is 0 Å². The SMILES string of the molecule is NCCN(Cc1ccc2c(c1)CCC2)CC(F)(F)F. The lowest BCUT2D eigenvalue weighted by Gasteiger charge is -2.23. The van der Waals surface area contributed by atoms with Crippen molar-refractivity contribution >= 4 is 0 Å². The molecule has 0 bridgehead atoms. The van der Waals surface area contributed by atoms with Crippen LogP contribution in [0.4, 0.5) is 13.2 Å². The lowest BCUT2D eigenvalue weighted by molar-refractivity contribution is -0.146. The maximum absolute atomic E-state index is 12.5. The van der Waals surface area contributed by atoms with E-state index in [9.17, 15) is 13.2 Å². The highest BCUT2D eigenvalue weighted by atomic mass is 19.4. The van der Waals surface area contributed by atoms with E-state index < -0.39 is 12.7 Å². The lowest BCUT2D eigenvalue weighted by atomic mass is 10.1. The average Bonchev–Trinajstić information content (AvgIpc) is 2.74. The van der Waals surface area contributed by atoms with Gasteiger partial charge in [0.2, 0.25) is 0 Å². The third-order valence-corrected chi connectivity index (χ3v) is 3.42. The highest BCUT2D eigenvalue weighted by Crippen LogP contribution is 2.24. The van der Waals surface area contributed by atoms with Gasteiger partial charge in [-0.05, 0) is 36.0 Å². The predicted molar refractivity (Wildman–Crippen MR) is 68.9 cm³/mol. The molecule has 106 valence electrons. The van der Waals surface area contributed by atoms with Gasteiger partial charge >= 0.3 is 6.18 Å². The number of alkyl halides is 3. The van der Waals surface area contributed by atoms with E-state index in [1.54, 1.807) is 0 Å². The fourth-order valence-corrected chi connectivity index (χ4v) is 2.63. The van der Waals surface area contributed by atoms with Gasteiger partial charge in [-0.15, -0.1) is 0 Å². The van der Waals surface area contributed by atoms with Crippen LogP contribution in [0.2, 0.25) is 0 Å². The summed E-state index contributed by atoms with van der Waals surface area (Å²) < 4.78 is 37.4. The van der Waals surface area contributed by atoms with E-state index in [2.05, 4.69) is 0 Å². The Bertz CT molecular complexity index is 429. The summed E-state index contributed by atoms with van der Waals surface area (Å²) in [5.41, 5.74) is 8.95. The predicted octanol–water partition coefficient (Wildman–Crippen LogP) is 2.50. The Hall–Kier alpha value is -1.07. The Labute approximate surface area is 111 Å². The average molecular weight is 272 g/mol. The van der Waals surface area contributed by atoms with Crippen LogP contribution in [0.25, 0.3) is 0 Å². The molecule has 2 nitrogen and oxygen atoms in total. The zero-order chi connectivity index (χ0) is 13.9. The van der Waals surface area contributed by atoms with Crippen molar-refractivity contribution in [1.29, 1.82) is 0 Å². The Balaban J connectivity index is 2.04. The minimum atomic E-state index is -4.17. The van der Waals surface area contributed by atoms with Gasteiger partial charge in [0.05, 0.1) is 6.54 Å². The van der Waals surface area contributed by atoms with Crippen LogP contribution in [0.1, 0.15) is 23.1 Å². The van der Waals surface area contributed by atoms with Crippen molar-refractivity contribution in [2.24, 2.45) is 5.73 Å².